The van der Waals surface area contributed by atoms with E-state index in [9.17, 15) is 13.6 Å². The van der Waals surface area contributed by atoms with Crippen LogP contribution in [0.25, 0.3) is 0 Å². The zero-order valence-corrected chi connectivity index (χ0v) is 9.51. The maximum atomic E-state index is 13.1. The van der Waals surface area contributed by atoms with E-state index in [1.165, 1.54) is 13.0 Å². The standard InChI is InChI=1S/C12H14F2O2/c1-4-12(3,16-8(2)15)9-5-6-10(13)11(14)7-9/h5-7H,4H2,1-3H3. The van der Waals surface area contributed by atoms with Crippen LogP contribution in [0.4, 0.5) is 8.78 Å². The number of ether oxygens (including phenoxy) is 1. The molecule has 1 aromatic rings. The summed E-state index contributed by atoms with van der Waals surface area (Å²) in [4.78, 5) is 11.0. The van der Waals surface area contributed by atoms with E-state index >= 15 is 0 Å². The van der Waals surface area contributed by atoms with Crippen molar-refractivity contribution in [2.45, 2.75) is 32.8 Å². The molecule has 1 atom stereocenters. The molecule has 0 N–H and O–H groups in total. The summed E-state index contributed by atoms with van der Waals surface area (Å²) in [5.74, 6) is -2.30. The third kappa shape index (κ3) is 2.56. The Morgan fingerprint density at radius 2 is 2.00 bits per heavy atom. The number of hydrogen-bond acceptors (Lipinski definition) is 2. The smallest absolute Gasteiger partial charge is 0.303 e. The van der Waals surface area contributed by atoms with Crippen LogP contribution >= 0.6 is 0 Å². The van der Waals surface area contributed by atoms with Gasteiger partial charge in [0.1, 0.15) is 5.60 Å². The van der Waals surface area contributed by atoms with E-state index < -0.39 is 23.2 Å². The second kappa shape index (κ2) is 4.60. The Bertz CT molecular complexity index is 404. The topological polar surface area (TPSA) is 26.3 Å². The maximum absolute atomic E-state index is 13.1. The van der Waals surface area contributed by atoms with E-state index in [1.54, 1.807) is 6.92 Å². The number of carbonyl (C=O) groups excluding carboxylic acids is 1. The van der Waals surface area contributed by atoms with Gasteiger partial charge < -0.3 is 4.74 Å². The van der Waals surface area contributed by atoms with E-state index in [2.05, 4.69) is 0 Å². The van der Waals surface area contributed by atoms with Crippen molar-refractivity contribution in [2.24, 2.45) is 0 Å². The first-order valence-corrected chi connectivity index (χ1v) is 5.04. The van der Waals surface area contributed by atoms with Gasteiger partial charge in [-0.25, -0.2) is 8.78 Å². The fraction of sp³-hybridized carbons (Fsp3) is 0.417. The Kier molecular flexibility index (Phi) is 3.62. The summed E-state index contributed by atoms with van der Waals surface area (Å²) in [7, 11) is 0. The minimum absolute atomic E-state index is 0.448. The lowest BCUT2D eigenvalue weighted by Gasteiger charge is -2.28. The third-order valence-corrected chi connectivity index (χ3v) is 2.57. The highest BCUT2D eigenvalue weighted by Crippen LogP contribution is 2.30. The summed E-state index contributed by atoms with van der Waals surface area (Å²) >= 11 is 0. The highest BCUT2D eigenvalue weighted by molar-refractivity contribution is 5.66. The van der Waals surface area contributed by atoms with Gasteiger partial charge in [0.05, 0.1) is 0 Å². The molecule has 0 aliphatic heterocycles. The van der Waals surface area contributed by atoms with Gasteiger partial charge in [0.2, 0.25) is 0 Å². The van der Waals surface area contributed by atoms with Crippen molar-refractivity contribution >= 4 is 5.97 Å². The van der Waals surface area contributed by atoms with Gasteiger partial charge in [-0.15, -0.1) is 0 Å². The van der Waals surface area contributed by atoms with Gasteiger partial charge in [-0.1, -0.05) is 13.0 Å². The normalized spacial score (nSPS) is 14.3. The fourth-order valence-corrected chi connectivity index (χ4v) is 1.48. The molecule has 0 aromatic heterocycles. The van der Waals surface area contributed by atoms with Crippen molar-refractivity contribution in [2.75, 3.05) is 0 Å². The molecule has 4 heteroatoms. The molecule has 0 saturated carbocycles. The van der Waals surface area contributed by atoms with Crippen molar-refractivity contribution < 1.29 is 18.3 Å². The largest absolute Gasteiger partial charge is 0.455 e. The minimum Gasteiger partial charge on any atom is -0.455 e. The molecule has 0 heterocycles. The van der Waals surface area contributed by atoms with Crippen molar-refractivity contribution in [1.29, 1.82) is 0 Å². The molecule has 88 valence electrons. The van der Waals surface area contributed by atoms with Gasteiger partial charge in [0.15, 0.2) is 11.6 Å². The summed E-state index contributed by atoms with van der Waals surface area (Å²) < 4.78 is 31.0. The molecule has 2 nitrogen and oxygen atoms in total. The summed E-state index contributed by atoms with van der Waals surface area (Å²) in [6.45, 7) is 4.76. The minimum atomic E-state index is -0.940. The van der Waals surface area contributed by atoms with E-state index in [4.69, 9.17) is 4.74 Å². The number of rotatable bonds is 3. The number of esters is 1. The Morgan fingerprint density at radius 1 is 1.38 bits per heavy atom. The average Bonchev–Trinajstić information content (AvgIpc) is 2.21. The third-order valence-electron chi connectivity index (χ3n) is 2.57. The van der Waals surface area contributed by atoms with Crippen LogP contribution in [0.3, 0.4) is 0 Å². The van der Waals surface area contributed by atoms with Gasteiger partial charge in [0.25, 0.3) is 0 Å². The molecule has 0 fully saturated rings. The summed E-state index contributed by atoms with van der Waals surface area (Å²) in [5.41, 5.74) is -0.468. The highest BCUT2D eigenvalue weighted by atomic mass is 19.2. The van der Waals surface area contributed by atoms with Crippen LogP contribution in [0.2, 0.25) is 0 Å². The molecule has 0 radical (unpaired) electrons. The van der Waals surface area contributed by atoms with E-state index in [1.807, 2.05) is 6.92 Å². The molecular weight excluding hydrogens is 214 g/mol. The second-order valence-corrected chi connectivity index (χ2v) is 3.81. The Labute approximate surface area is 93.2 Å². The lowest BCUT2D eigenvalue weighted by atomic mass is 9.93. The molecule has 16 heavy (non-hydrogen) atoms. The predicted octanol–water partition coefficient (Wildman–Crippen LogP) is 3.15. The lowest BCUT2D eigenvalue weighted by Crippen LogP contribution is -2.27. The Hall–Kier alpha value is -1.45. The van der Waals surface area contributed by atoms with Crippen LogP contribution in [0.1, 0.15) is 32.8 Å². The maximum Gasteiger partial charge on any atom is 0.303 e. The Balaban J connectivity index is 3.12. The predicted molar refractivity (Wildman–Crippen MR) is 55.8 cm³/mol. The van der Waals surface area contributed by atoms with Crippen molar-refractivity contribution in [3.63, 3.8) is 0 Å². The van der Waals surface area contributed by atoms with Crippen molar-refractivity contribution in [3.05, 3.63) is 35.4 Å². The monoisotopic (exact) mass is 228 g/mol. The van der Waals surface area contributed by atoms with Gasteiger partial charge in [0, 0.05) is 6.92 Å². The highest BCUT2D eigenvalue weighted by Gasteiger charge is 2.28. The second-order valence-electron chi connectivity index (χ2n) is 3.81. The molecule has 0 spiro atoms. The van der Waals surface area contributed by atoms with E-state index in [0.717, 1.165) is 12.1 Å². The van der Waals surface area contributed by atoms with Crippen LogP contribution in [0.5, 0.6) is 0 Å². The average molecular weight is 228 g/mol. The van der Waals surface area contributed by atoms with Crippen LogP contribution < -0.4 is 0 Å². The zero-order valence-electron chi connectivity index (χ0n) is 9.51. The molecule has 0 aliphatic rings. The van der Waals surface area contributed by atoms with Crippen molar-refractivity contribution in [3.8, 4) is 0 Å². The SMILES string of the molecule is CCC(C)(OC(C)=O)c1ccc(F)c(F)c1. The van der Waals surface area contributed by atoms with Crippen LogP contribution in [0, 0.1) is 11.6 Å². The van der Waals surface area contributed by atoms with Crippen molar-refractivity contribution in [1.82, 2.24) is 0 Å². The molecule has 1 aromatic carbocycles. The summed E-state index contributed by atoms with van der Waals surface area (Å²) in [5, 5.41) is 0. The molecule has 0 aliphatic carbocycles. The first-order valence-electron chi connectivity index (χ1n) is 5.04. The lowest BCUT2D eigenvalue weighted by molar-refractivity contribution is -0.156. The molecular formula is C12H14F2O2. The molecule has 0 bridgehead atoms. The number of halogens is 2. The first-order chi connectivity index (χ1) is 7.39. The van der Waals surface area contributed by atoms with Crippen LogP contribution in [0.15, 0.2) is 18.2 Å². The number of benzene rings is 1. The van der Waals surface area contributed by atoms with E-state index in [-0.39, 0.29) is 0 Å². The van der Waals surface area contributed by atoms with Crippen LogP contribution in [-0.4, -0.2) is 5.97 Å². The molecule has 0 amide bonds. The fourth-order valence-electron chi connectivity index (χ4n) is 1.48. The summed E-state index contributed by atoms with van der Waals surface area (Å²) in [6, 6.07) is 3.51. The zero-order chi connectivity index (χ0) is 12.3. The van der Waals surface area contributed by atoms with Gasteiger partial charge in [-0.2, -0.15) is 0 Å². The van der Waals surface area contributed by atoms with E-state index in [0.29, 0.717) is 12.0 Å². The van der Waals surface area contributed by atoms with Crippen LogP contribution in [-0.2, 0) is 15.1 Å². The quantitative estimate of drug-likeness (QED) is 0.743. The molecule has 0 saturated heterocycles. The van der Waals surface area contributed by atoms with Gasteiger partial charge >= 0.3 is 5.97 Å². The Morgan fingerprint density at radius 3 is 2.44 bits per heavy atom. The van der Waals surface area contributed by atoms with Gasteiger partial charge in [-0.05, 0) is 31.0 Å². The molecule has 1 rings (SSSR count). The van der Waals surface area contributed by atoms with Gasteiger partial charge in [-0.3, -0.25) is 4.79 Å². The first kappa shape index (κ1) is 12.6. The number of carbonyl (C=O) groups is 1. The molecule has 1 unspecified atom stereocenters. The number of hydrogen-bond donors (Lipinski definition) is 0. The summed E-state index contributed by atoms with van der Waals surface area (Å²) in [6.07, 6.45) is 0.484.